The van der Waals surface area contributed by atoms with Gasteiger partial charge in [0.05, 0.1) is 0 Å². The van der Waals surface area contributed by atoms with Crippen molar-refractivity contribution in [3.05, 3.63) is 87.5 Å². The van der Waals surface area contributed by atoms with Gasteiger partial charge in [-0.1, -0.05) is 86.1 Å². The maximum atomic E-state index is 3.67. The summed E-state index contributed by atoms with van der Waals surface area (Å²) in [7, 11) is 0. The second-order valence-electron chi connectivity index (χ2n) is 12.9. The van der Waals surface area contributed by atoms with Crippen molar-refractivity contribution in [2.75, 3.05) is 0 Å². The molecule has 1 saturated carbocycles. The molecule has 1 fully saturated rings. The molecule has 0 aromatic heterocycles. The van der Waals surface area contributed by atoms with Crippen LogP contribution >= 0.6 is 0 Å². The number of aryl methyl sites for hydroxylation is 3. The summed E-state index contributed by atoms with van der Waals surface area (Å²) in [4.78, 5) is 0. The van der Waals surface area contributed by atoms with Gasteiger partial charge >= 0.3 is 59.5 Å². The molecule has 0 heterocycles. The van der Waals surface area contributed by atoms with E-state index in [9.17, 15) is 0 Å². The van der Waals surface area contributed by atoms with E-state index in [0.717, 1.165) is 6.42 Å². The van der Waals surface area contributed by atoms with E-state index in [2.05, 4.69) is 111 Å². The number of fused-ring (bicyclic) bond motifs is 3. The summed E-state index contributed by atoms with van der Waals surface area (Å²) in [5.41, 5.74) is 12.9. The van der Waals surface area contributed by atoms with Crippen LogP contribution in [0.15, 0.2) is 42.5 Å². The van der Waals surface area contributed by atoms with E-state index >= 15 is 0 Å². The molecule has 0 amide bonds. The van der Waals surface area contributed by atoms with E-state index in [1.165, 1.54) is 82.2 Å². The molecule has 3 aromatic rings. The third-order valence-corrected chi connectivity index (χ3v) is 8.66. The van der Waals surface area contributed by atoms with Crippen LogP contribution < -0.4 is 24.8 Å². The Morgan fingerprint density at radius 2 is 1.37 bits per heavy atom. The SMILES string of the molecule is CC(C)(C)c1[c-]c2c(cc1)-c1ccc(C(C)(C)C)cc1C2.Cc1cc(C)c(C)[cH-]1.[Cl-].[Cl-].[Zr+2]=[C]1CCCCC1. The van der Waals surface area contributed by atoms with Crippen molar-refractivity contribution in [1.82, 2.24) is 0 Å². The summed E-state index contributed by atoms with van der Waals surface area (Å²) in [5.74, 6) is 0. The minimum atomic E-state index is 0. The Kier molecular flexibility index (Phi) is 13.6. The van der Waals surface area contributed by atoms with Gasteiger partial charge in [-0.3, -0.25) is 0 Å². The molecular weight excluding hydrogens is 583 g/mol. The maximum absolute atomic E-state index is 3.67. The Morgan fingerprint density at radius 1 is 0.763 bits per heavy atom. The first-order valence-corrected chi connectivity index (χ1v) is 14.9. The van der Waals surface area contributed by atoms with Gasteiger partial charge in [0.25, 0.3) is 0 Å². The number of hydrogen-bond donors (Lipinski definition) is 0. The van der Waals surface area contributed by atoms with Crippen LogP contribution in [0.2, 0.25) is 0 Å². The quantitative estimate of drug-likeness (QED) is 0.261. The molecular formula is C35H46Cl2Zr-2. The van der Waals surface area contributed by atoms with Crippen LogP contribution in [0, 0.1) is 26.8 Å². The Hall–Kier alpha value is -0.877. The first kappa shape index (κ1) is 35.2. The molecule has 0 spiro atoms. The van der Waals surface area contributed by atoms with Crippen molar-refractivity contribution in [3.8, 4) is 11.1 Å². The van der Waals surface area contributed by atoms with Gasteiger partial charge in [-0.15, -0.1) is 11.1 Å². The number of benzene rings is 2. The van der Waals surface area contributed by atoms with Crippen molar-refractivity contribution in [2.24, 2.45) is 0 Å². The molecule has 0 saturated heterocycles. The Balaban J connectivity index is 0.000000351. The van der Waals surface area contributed by atoms with E-state index in [4.69, 9.17) is 0 Å². The molecule has 0 nitrogen and oxygen atoms in total. The van der Waals surface area contributed by atoms with Crippen molar-refractivity contribution in [2.45, 2.75) is 112 Å². The summed E-state index contributed by atoms with van der Waals surface area (Å²) in [6.45, 7) is 20.0. The zero-order valence-corrected chi connectivity index (χ0v) is 29.0. The number of hydrogen-bond acceptors (Lipinski definition) is 0. The van der Waals surface area contributed by atoms with E-state index in [0.29, 0.717) is 0 Å². The van der Waals surface area contributed by atoms with Gasteiger partial charge in [-0.25, -0.2) is 6.07 Å². The molecule has 206 valence electrons. The standard InChI is InChI=1S/C21H25.C8H11.C6H10.2ClH.Zr/c1-20(2,3)16-7-9-18-14(12-16)11-15-13-17(21(4,5)6)8-10-19(15)18;1-6-4-7(2)8(3)5-6;1-2-4-6-5-3-1;;;/h7-10,12H,11H2,1-6H3;4-5H,1-3H3;1-5H2;2*1H;/q2*-1;;;;+2/p-2. The average molecular weight is 629 g/mol. The molecule has 2 aliphatic carbocycles. The van der Waals surface area contributed by atoms with Crippen LogP contribution in [-0.2, 0) is 41.5 Å². The van der Waals surface area contributed by atoms with Crippen molar-refractivity contribution in [1.29, 1.82) is 0 Å². The summed E-state index contributed by atoms with van der Waals surface area (Å²) in [6.07, 6.45) is 8.34. The molecule has 0 aliphatic heterocycles. The Labute approximate surface area is 260 Å². The molecule has 0 unspecified atom stereocenters. The topological polar surface area (TPSA) is 0 Å². The Morgan fingerprint density at radius 3 is 1.79 bits per heavy atom. The normalized spacial score (nSPS) is 14.0. The average Bonchev–Trinajstić information content (AvgIpc) is 3.30. The monoisotopic (exact) mass is 626 g/mol. The van der Waals surface area contributed by atoms with Crippen LogP contribution in [-0.4, -0.2) is 3.21 Å². The van der Waals surface area contributed by atoms with Crippen LogP contribution in [0.5, 0.6) is 0 Å². The van der Waals surface area contributed by atoms with E-state index in [1.807, 2.05) is 0 Å². The van der Waals surface area contributed by atoms with Crippen LogP contribution in [0.1, 0.15) is 113 Å². The minimum absolute atomic E-state index is 0. The molecule has 0 radical (unpaired) electrons. The molecule has 5 rings (SSSR count). The molecule has 38 heavy (non-hydrogen) atoms. The van der Waals surface area contributed by atoms with Crippen molar-refractivity contribution in [3.63, 3.8) is 0 Å². The van der Waals surface area contributed by atoms with Gasteiger partial charge in [-0.05, 0) is 28.4 Å². The predicted molar refractivity (Wildman–Crippen MR) is 155 cm³/mol. The third-order valence-electron chi connectivity index (χ3n) is 7.43. The van der Waals surface area contributed by atoms with Crippen molar-refractivity contribution < 1.29 is 49.0 Å². The fourth-order valence-corrected chi connectivity index (χ4v) is 5.83. The van der Waals surface area contributed by atoms with E-state index in [-0.39, 0.29) is 35.6 Å². The molecule has 0 N–H and O–H groups in total. The molecule has 2 aliphatic rings. The molecule has 3 aromatic carbocycles. The Bertz CT molecular complexity index is 1110. The summed E-state index contributed by atoms with van der Waals surface area (Å²) >= 11 is 1.69. The fraction of sp³-hybridized carbons (Fsp3) is 0.486. The molecule has 0 bridgehead atoms. The van der Waals surface area contributed by atoms with Gasteiger partial charge in [0.2, 0.25) is 0 Å². The zero-order valence-electron chi connectivity index (χ0n) is 25.0. The molecule has 3 heteroatoms. The van der Waals surface area contributed by atoms with Gasteiger partial charge in [-0.2, -0.15) is 46.5 Å². The van der Waals surface area contributed by atoms with Crippen molar-refractivity contribution >= 4 is 3.21 Å². The van der Waals surface area contributed by atoms with E-state index < -0.39 is 0 Å². The number of halogens is 2. The van der Waals surface area contributed by atoms with Gasteiger partial charge in [0.1, 0.15) is 0 Å². The second-order valence-corrected chi connectivity index (χ2v) is 14.6. The summed E-state index contributed by atoms with van der Waals surface area (Å²) in [5, 5.41) is 0. The summed E-state index contributed by atoms with van der Waals surface area (Å²) < 4.78 is 1.80. The molecule has 0 atom stereocenters. The first-order chi connectivity index (χ1) is 16.8. The third kappa shape index (κ3) is 9.64. The van der Waals surface area contributed by atoms with Gasteiger partial charge in [0.15, 0.2) is 0 Å². The summed E-state index contributed by atoms with van der Waals surface area (Å²) in [6, 6.07) is 19.6. The van der Waals surface area contributed by atoms with Gasteiger partial charge < -0.3 is 24.8 Å². The second kappa shape index (κ2) is 14.7. The van der Waals surface area contributed by atoms with Crippen LogP contribution in [0.25, 0.3) is 11.1 Å². The predicted octanol–water partition coefficient (Wildman–Crippen LogP) is 3.66. The van der Waals surface area contributed by atoms with E-state index in [1.54, 1.807) is 27.4 Å². The number of rotatable bonds is 0. The first-order valence-electron chi connectivity index (χ1n) is 13.7. The fourth-order valence-electron chi connectivity index (χ4n) is 4.96. The van der Waals surface area contributed by atoms with Crippen LogP contribution in [0.3, 0.4) is 0 Å². The zero-order chi connectivity index (χ0) is 26.7. The van der Waals surface area contributed by atoms with Gasteiger partial charge in [0, 0.05) is 0 Å². The van der Waals surface area contributed by atoms with Crippen LogP contribution in [0.4, 0.5) is 0 Å².